The van der Waals surface area contributed by atoms with E-state index < -0.39 is 23.6 Å². The first-order chi connectivity index (χ1) is 8.97. The lowest BCUT2D eigenvalue weighted by molar-refractivity contribution is 0.172. The molecule has 0 saturated carbocycles. The SMILES string of the molecule is Cc1ccc(F)c(C(O)Cc2ccc(F)cc2F)c1. The molecule has 0 radical (unpaired) electrons. The Labute approximate surface area is 109 Å². The van der Waals surface area contributed by atoms with Gasteiger partial charge in [-0.2, -0.15) is 0 Å². The van der Waals surface area contributed by atoms with Gasteiger partial charge in [-0.05, 0) is 24.6 Å². The predicted molar refractivity (Wildman–Crippen MR) is 66.2 cm³/mol. The average molecular weight is 266 g/mol. The lowest BCUT2D eigenvalue weighted by atomic mass is 9.99. The second-order valence-corrected chi connectivity index (χ2v) is 4.48. The van der Waals surface area contributed by atoms with E-state index in [4.69, 9.17) is 0 Å². The van der Waals surface area contributed by atoms with E-state index >= 15 is 0 Å². The van der Waals surface area contributed by atoms with Crippen molar-refractivity contribution in [2.45, 2.75) is 19.4 Å². The third-order valence-electron chi connectivity index (χ3n) is 2.94. The Hall–Kier alpha value is -1.81. The Morgan fingerprint density at radius 2 is 1.74 bits per heavy atom. The van der Waals surface area contributed by atoms with Crippen LogP contribution in [0.4, 0.5) is 13.2 Å². The van der Waals surface area contributed by atoms with Crippen LogP contribution in [0.5, 0.6) is 0 Å². The van der Waals surface area contributed by atoms with Gasteiger partial charge in [0.05, 0.1) is 6.10 Å². The van der Waals surface area contributed by atoms with E-state index in [0.717, 1.165) is 17.7 Å². The Kier molecular flexibility index (Phi) is 3.90. The summed E-state index contributed by atoms with van der Waals surface area (Å²) in [6, 6.07) is 7.47. The number of aliphatic hydroxyl groups is 1. The quantitative estimate of drug-likeness (QED) is 0.898. The summed E-state index contributed by atoms with van der Waals surface area (Å²) in [6.45, 7) is 1.77. The Bertz CT molecular complexity index is 596. The number of hydrogen-bond acceptors (Lipinski definition) is 1. The van der Waals surface area contributed by atoms with Crippen molar-refractivity contribution in [3.63, 3.8) is 0 Å². The molecule has 0 spiro atoms. The van der Waals surface area contributed by atoms with Gasteiger partial charge in [0.15, 0.2) is 0 Å². The van der Waals surface area contributed by atoms with Crippen molar-refractivity contribution in [1.82, 2.24) is 0 Å². The van der Waals surface area contributed by atoms with Crippen LogP contribution in [-0.4, -0.2) is 5.11 Å². The van der Waals surface area contributed by atoms with E-state index in [1.54, 1.807) is 13.0 Å². The number of rotatable bonds is 3. The predicted octanol–water partition coefficient (Wildman–Crippen LogP) is 3.69. The van der Waals surface area contributed by atoms with Crippen LogP contribution in [0, 0.1) is 24.4 Å². The smallest absolute Gasteiger partial charge is 0.129 e. The molecule has 0 amide bonds. The standard InChI is InChI=1S/C15H13F3O/c1-9-2-5-13(17)12(6-9)15(19)7-10-3-4-11(16)8-14(10)18/h2-6,8,15,19H,7H2,1H3. The molecule has 1 atom stereocenters. The van der Waals surface area contributed by atoms with Crippen LogP contribution in [0.1, 0.15) is 22.8 Å². The van der Waals surface area contributed by atoms with Crippen molar-refractivity contribution < 1.29 is 18.3 Å². The minimum absolute atomic E-state index is 0.105. The highest BCUT2D eigenvalue weighted by molar-refractivity contribution is 5.28. The molecule has 0 bridgehead atoms. The summed E-state index contributed by atoms with van der Waals surface area (Å²) in [7, 11) is 0. The highest BCUT2D eigenvalue weighted by atomic mass is 19.1. The molecule has 100 valence electrons. The normalized spacial score (nSPS) is 12.5. The molecule has 1 N–H and O–H groups in total. The van der Waals surface area contributed by atoms with Crippen LogP contribution in [0.25, 0.3) is 0 Å². The van der Waals surface area contributed by atoms with Crippen molar-refractivity contribution in [2.24, 2.45) is 0 Å². The molecule has 0 aliphatic rings. The molecule has 2 rings (SSSR count). The van der Waals surface area contributed by atoms with Crippen molar-refractivity contribution in [1.29, 1.82) is 0 Å². The number of benzene rings is 2. The van der Waals surface area contributed by atoms with Gasteiger partial charge in [0.2, 0.25) is 0 Å². The van der Waals surface area contributed by atoms with Gasteiger partial charge in [0.1, 0.15) is 17.5 Å². The molecular formula is C15H13F3O. The van der Waals surface area contributed by atoms with Gasteiger partial charge in [-0.1, -0.05) is 23.8 Å². The van der Waals surface area contributed by atoms with E-state index in [-0.39, 0.29) is 17.5 Å². The maximum atomic E-state index is 13.6. The van der Waals surface area contributed by atoms with Gasteiger partial charge in [-0.3, -0.25) is 0 Å². The third kappa shape index (κ3) is 3.15. The summed E-state index contributed by atoms with van der Waals surface area (Å²) in [5.74, 6) is -1.97. The highest BCUT2D eigenvalue weighted by Gasteiger charge is 2.16. The Balaban J connectivity index is 2.25. The minimum Gasteiger partial charge on any atom is -0.388 e. The van der Waals surface area contributed by atoms with E-state index in [1.807, 2.05) is 0 Å². The highest BCUT2D eigenvalue weighted by Crippen LogP contribution is 2.23. The van der Waals surface area contributed by atoms with Crippen LogP contribution in [0.3, 0.4) is 0 Å². The topological polar surface area (TPSA) is 20.2 Å². The molecule has 2 aromatic carbocycles. The lowest BCUT2D eigenvalue weighted by Gasteiger charge is -2.13. The van der Waals surface area contributed by atoms with Gasteiger partial charge in [-0.25, -0.2) is 13.2 Å². The monoisotopic (exact) mass is 266 g/mol. The number of aliphatic hydroxyl groups excluding tert-OH is 1. The molecule has 0 fully saturated rings. The molecule has 1 nitrogen and oxygen atoms in total. The zero-order chi connectivity index (χ0) is 14.0. The largest absolute Gasteiger partial charge is 0.388 e. The summed E-state index contributed by atoms with van der Waals surface area (Å²) in [5.41, 5.74) is 1.06. The number of aryl methyl sites for hydroxylation is 1. The van der Waals surface area contributed by atoms with Crippen LogP contribution in [0.2, 0.25) is 0 Å². The van der Waals surface area contributed by atoms with Crippen LogP contribution in [0.15, 0.2) is 36.4 Å². The van der Waals surface area contributed by atoms with Crippen LogP contribution < -0.4 is 0 Å². The molecule has 0 heterocycles. The van der Waals surface area contributed by atoms with Crippen LogP contribution >= 0.6 is 0 Å². The Morgan fingerprint density at radius 3 is 2.42 bits per heavy atom. The average Bonchev–Trinajstić information content (AvgIpc) is 2.35. The first-order valence-corrected chi connectivity index (χ1v) is 5.85. The number of hydrogen-bond donors (Lipinski definition) is 1. The fourth-order valence-electron chi connectivity index (χ4n) is 1.92. The van der Waals surface area contributed by atoms with Gasteiger partial charge in [0, 0.05) is 18.1 Å². The molecule has 0 aromatic heterocycles. The molecule has 0 saturated heterocycles. The minimum atomic E-state index is -1.17. The third-order valence-corrected chi connectivity index (χ3v) is 2.94. The summed E-state index contributed by atoms with van der Waals surface area (Å²) >= 11 is 0. The zero-order valence-electron chi connectivity index (χ0n) is 10.3. The molecule has 4 heteroatoms. The molecule has 1 unspecified atom stereocenters. The first-order valence-electron chi connectivity index (χ1n) is 5.85. The fourth-order valence-corrected chi connectivity index (χ4v) is 1.92. The van der Waals surface area contributed by atoms with Gasteiger partial charge in [-0.15, -0.1) is 0 Å². The van der Waals surface area contributed by atoms with Crippen molar-refractivity contribution >= 4 is 0 Å². The van der Waals surface area contributed by atoms with Gasteiger partial charge < -0.3 is 5.11 Å². The fraction of sp³-hybridized carbons (Fsp3) is 0.200. The molecule has 19 heavy (non-hydrogen) atoms. The summed E-state index contributed by atoms with van der Waals surface area (Å²) in [4.78, 5) is 0. The van der Waals surface area contributed by atoms with Crippen molar-refractivity contribution in [3.05, 3.63) is 70.5 Å². The van der Waals surface area contributed by atoms with Gasteiger partial charge >= 0.3 is 0 Å². The van der Waals surface area contributed by atoms with Gasteiger partial charge in [0.25, 0.3) is 0 Å². The zero-order valence-corrected chi connectivity index (χ0v) is 10.3. The molecule has 0 aliphatic carbocycles. The number of halogens is 3. The molecular weight excluding hydrogens is 253 g/mol. The molecule has 2 aromatic rings. The maximum Gasteiger partial charge on any atom is 0.129 e. The van der Waals surface area contributed by atoms with Crippen LogP contribution in [-0.2, 0) is 6.42 Å². The Morgan fingerprint density at radius 1 is 1.00 bits per heavy atom. The second kappa shape index (κ2) is 5.45. The first kappa shape index (κ1) is 13.6. The molecule has 0 aliphatic heterocycles. The van der Waals surface area contributed by atoms with E-state index in [0.29, 0.717) is 0 Å². The summed E-state index contributed by atoms with van der Waals surface area (Å²) in [6.07, 6.45) is -1.27. The maximum absolute atomic E-state index is 13.6. The van der Waals surface area contributed by atoms with E-state index in [2.05, 4.69) is 0 Å². The van der Waals surface area contributed by atoms with E-state index in [1.165, 1.54) is 18.2 Å². The van der Waals surface area contributed by atoms with Crippen molar-refractivity contribution in [2.75, 3.05) is 0 Å². The lowest BCUT2D eigenvalue weighted by Crippen LogP contribution is -2.06. The van der Waals surface area contributed by atoms with E-state index in [9.17, 15) is 18.3 Å². The summed E-state index contributed by atoms with van der Waals surface area (Å²) in [5, 5.41) is 9.97. The van der Waals surface area contributed by atoms with Crippen molar-refractivity contribution in [3.8, 4) is 0 Å². The summed E-state index contributed by atoms with van der Waals surface area (Å²) < 4.78 is 39.8. The second-order valence-electron chi connectivity index (χ2n) is 4.48.